The zero-order chi connectivity index (χ0) is 34.9. The molecule has 46 heavy (non-hydrogen) atoms. The van der Waals surface area contributed by atoms with Crippen LogP contribution < -0.4 is 9.47 Å². The van der Waals surface area contributed by atoms with Crippen LogP contribution in [0.5, 0.6) is 11.5 Å². The number of benzene rings is 3. The van der Waals surface area contributed by atoms with Gasteiger partial charge in [-0.1, -0.05) is 0 Å². The Hall–Kier alpha value is -5.14. The number of halogens is 16. The standard InChI is InChI=1S/C26H4F16N2O2/c27-19-12(6-44)20(28)22(30)18(21(19)29)11(5-43)17-9-3-15(45-25(37,38)39)13(23(31,32)33)1-7(9)8-2-14(24(34,35)36)16(4-10(8)17)46-26(40,41)42/h1-4H. The summed E-state index contributed by atoms with van der Waals surface area (Å²) in [6.07, 6.45) is -23.4. The van der Waals surface area contributed by atoms with Gasteiger partial charge in [0.2, 0.25) is 0 Å². The summed E-state index contributed by atoms with van der Waals surface area (Å²) in [7, 11) is 0. The third-order valence-corrected chi connectivity index (χ3v) is 6.12. The SMILES string of the molecule is N#CC(=C1c2cc(OC(F)(F)F)c(C(F)(F)F)cc2-c2cc(C(F)(F)F)c(OC(F)(F)F)cc21)c1c(F)c(F)c(C#N)c(F)c1F. The van der Waals surface area contributed by atoms with Crippen molar-refractivity contribution in [1.82, 2.24) is 0 Å². The first-order chi connectivity index (χ1) is 20.9. The number of ether oxygens (including phenoxy) is 2. The van der Waals surface area contributed by atoms with Crippen molar-refractivity contribution in [3.63, 3.8) is 0 Å². The van der Waals surface area contributed by atoms with Gasteiger partial charge in [-0.15, -0.1) is 26.3 Å². The number of alkyl halides is 12. The molecule has 0 radical (unpaired) electrons. The highest BCUT2D eigenvalue weighted by molar-refractivity contribution is 6.14. The van der Waals surface area contributed by atoms with E-state index in [9.17, 15) is 66.7 Å². The van der Waals surface area contributed by atoms with Crippen LogP contribution in [0.15, 0.2) is 24.3 Å². The second-order valence-corrected chi connectivity index (χ2v) is 8.86. The van der Waals surface area contributed by atoms with E-state index in [4.69, 9.17) is 5.26 Å². The van der Waals surface area contributed by atoms with E-state index in [1.54, 1.807) is 0 Å². The fraction of sp³-hybridized carbons (Fsp3) is 0.154. The minimum Gasteiger partial charge on any atom is -0.405 e. The molecule has 0 fully saturated rings. The molecule has 242 valence electrons. The van der Waals surface area contributed by atoms with Crippen molar-refractivity contribution in [2.24, 2.45) is 0 Å². The molecule has 3 aromatic rings. The Morgan fingerprint density at radius 1 is 0.543 bits per heavy atom. The Bertz CT molecular complexity index is 1790. The summed E-state index contributed by atoms with van der Waals surface area (Å²) >= 11 is 0. The van der Waals surface area contributed by atoms with Crippen LogP contribution in [0.1, 0.15) is 33.4 Å². The van der Waals surface area contributed by atoms with E-state index < -0.39 is 115 Å². The normalized spacial score (nSPS) is 13.1. The Labute approximate surface area is 242 Å². The van der Waals surface area contributed by atoms with Crippen LogP contribution in [0.3, 0.4) is 0 Å². The lowest BCUT2D eigenvalue weighted by Crippen LogP contribution is -2.20. The molecular formula is C26H4F16N2O2. The first-order valence-electron chi connectivity index (χ1n) is 11.3. The fourth-order valence-corrected chi connectivity index (χ4v) is 4.48. The molecule has 0 amide bonds. The van der Waals surface area contributed by atoms with Crippen LogP contribution in [0, 0.1) is 45.9 Å². The molecule has 0 bridgehead atoms. The number of hydrogen-bond acceptors (Lipinski definition) is 4. The van der Waals surface area contributed by atoms with Crippen LogP contribution in [0.25, 0.3) is 22.3 Å². The summed E-state index contributed by atoms with van der Waals surface area (Å²) in [6.45, 7) is 0. The van der Waals surface area contributed by atoms with Crippen molar-refractivity contribution in [3.05, 3.63) is 80.9 Å². The van der Waals surface area contributed by atoms with Gasteiger partial charge < -0.3 is 9.47 Å². The lowest BCUT2D eigenvalue weighted by Gasteiger charge is -2.18. The predicted octanol–water partition coefficient (Wildman–Crippen LogP) is 9.41. The van der Waals surface area contributed by atoms with Gasteiger partial charge in [-0.05, 0) is 46.5 Å². The minimum absolute atomic E-state index is 0.220. The average molecular weight is 680 g/mol. The molecule has 20 heteroatoms. The quantitative estimate of drug-likeness (QED) is 0.123. The maximum atomic E-state index is 15.0. The van der Waals surface area contributed by atoms with Crippen molar-refractivity contribution in [2.75, 3.05) is 0 Å². The van der Waals surface area contributed by atoms with Crippen LogP contribution in [-0.2, 0) is 12.4 Å². The van der Waals surface area contributed by atoms with Crippen LogP contribution in [-0.4, -0.2) is 12.7 Å². The molecule has 0 heterocycles. The highest BCUT2D eigenvalue weighted by Gasteiger charge is 2.45. The summed E-state index contributed by atoms with van der Waals surface area (Å²) in [4.78, 5) is 0. The molecule has 1 aliphatic rings. The van der Waals surface area contributed by atoms with E-state index in [-0.39, 0.29) is 24.3 Å². The first-order valence-corrected chi connectivity index (χ1v) is 11.3. The minimum atomic E-state index is -5.91. The third-order valence-electron chi connectivity index (χ3n) is 6.12. The monoisotopic (exact) mass is 680 g/mol. The third kappa shape index (κ3) is 5.94. The fourth-order valence-electron chi connectivity index (χ4n) is 4.48. The Kier molecular flexibility index (Phi) is 7.88. The number of nitrogens with zero attached hydrogens (tertiary/aromatic N) is 2. The molecule has 4 rings (SSSR count). The zero-order valence-corrected chi connectivity index (χ0v) is 21.1. The molecule has 0 unspecified atom stereocenters. The lowest BCUT2D eigenvalue weighted by atomic mass is 9.91. The maximum Gasteiger partial charge on any atom is 0.573 e. The van der Waals surface area contributed by atoms with E-state index in [2.05, 4.69) is 9.47 Å². The highest BCUT2D eigenvalue weighted by Crippen LogP contribution is 2.55. The van der Waals surface area contributed by atoms with Crippen molar-refractivity contribution in [2.45, 2.75) is 25.1 Å². The van der Waals surface area contributed by atoms with E-state index >= 15 is 8.78 Å². The number of rotatable bonds is 3. The number of allylic oxidation sites excluding steroid dienone is 1. The van der Waals surface area contributed by atoms with Gasteiger partial charge in [0.25, 0.3) is 0 Å². The second-order valence-electron chi connectivity index (χ2n) is 8.86. The molecule has 0 N–H and O–H groups in total. The molecule has 0 aromatic heterocycles. The Morgan fingerprint density at radius 2 is 0.913 bits per heavy atom. The Balaban J connectivity index is 2.30. The molecule has 4 nitrogen and oxygen atoms in total. The largest absolute Gasteiger partial charge is 0.573 e. The molecule has 0 saturated heterocycles. The van der Waals surface area contributed by atoms with Crippen LogP contribution >= 0.6 is 0 Å². The number of hydrogen-bond donors (Lipinski definition) is 0. The van der Waals surface area contributed by atoms with Gasteiger partial charge in [-0.3, -0.25) is 0 Å². The van der Waals surface area contributed by atoms with E-state index in [0.29, 0.717) is 0 Å². The number of fused-ring (bicyclic) bond motifs is 3. The molecule has 0 saturated carbocycles. The maximum absolute atomic E-state index is 15.0. The molecular weight excluding hydrogens is 676 g/mol. The van der Waals surface area contributed by atoms with E-state index in [0.717, 1.165) is 12.1 Å². The molecule has 1 aliphatic carbocycles. The highest BCUT2D eigenvalue weighted by atomic mass is 19.4. The van der Waals surface area contributed by atoms with Gasteiger partial charge in [-0.25, -0.2) is 17.6 Å². The smallest absolute Gasteiger partial charge is 0.405 e. The molecule has 3 aromatic carbocycles. The summed E-state index contributed by atoms with van der Waals surface area (Å²) in [5.41, 5.74) is -16.7. The van der Waals surface area contributed by atoms with Gasteiger partial charge in [0.05, 0.1) is 22.3 Å². The molecule has 0 atom stereocenters. The summed E-state index contributed by atoms with van der Waals surface area (Å²) in [5.74, 6) is -14.4. The van der Waals surface area contributed by atoms with Crippen molar-refractivity contribution in [3.8, 4) is 34.8 Å². The first kappa shape index (κ1) is 33.7. The Morgan fingerprint density at radius 3 is 1.20 bits per heavy atom. The molecule has 0 spiro atoms. The summed E-state index contributed by atoms with van der Waals surface area (Å²) < 4.78 is 227. The number of nitriles is 2. The van der Waals surface area contributed by atoms with Crippen molar-refractivity contribution in [1.29, 1.82) is 10.5 Å². The van der Waals surface area contributed by atoms with E-state index in [1.807, 2.05) is 0 Å². The average Bonchev–Trinajstić information content (AvgIpc) is 3.18. The van der Waals surface area contributed by atoms with Crippen molar-refractivity contribution >= 4 is 11.1 Å². The van der Waals surface area contributed by atoms with Gasteiger partial charge in [-0.2, -0.15) is 36.9 Å². The van der Waals surface area contributed by atoms with Gasteiger partial charge in [0, 0.05) is 5.57 Å². The zero-order valence-electron chi connectivity index (χ0n) is 21.1. The second kappa shape index (κ2) is 10.7. The van der Waals surface area contributed by atoms with E-state index in [1.165, 1.54) is 0 Å². The van der Waals surface area contributed by atoms with Crippen LogP contribution in [0.4, 0.5) is 70.2 Å². The topological polar surface area (TPSA) is 66.0 Å². The van der Waals surface area contributed by atoms with Gasteiger partial charge in [0.1, 0.15) is 29.2 Å². The van der Waals surface area contributed by atoms with Crippen molar-refractivity contribution < 1.29 is 79.7 Å². The summed E-state index contributed by atoms with van der Waals surface area (Å²) in [5, 5.41) is 18.6. The van der Waals surface area contributed by atoms with Gasteiger partial charge >= 0.3 is 25.1 Å². The van der Waals surface area contributed by atoms with Gasteiger partial charge in [0.15, 0.2) is 23.3 Å². The van der Waals surface area contributed by atoms with Crippen LogP contribution in [0.2, 0.25) is 0 Å². The lowest BCUT2D eigenvalue weighted by molar-refractivity contribution is -0.277. The molecule has 0 aliphatic heterocycles. The predicted molar refractivity (Wildman–Crippen MR) is 118 cm³/mol. The summed E-state index contributed by atoms with van der Waals surface area (Å²) in [6, 6.07) is 0.715.